The molecule has 0 amide bonds. The van der Waals surface area contributed by atoms with Crippen LogP contribution < -0.4 is 5.32 Å². The Balaban J connectivity index is 2.17. The number of aromatic nitrogens is 2. The first-order valence-electron chi connectivity index (χ1n) is 8.81. The van der Waals surface area contributed by atoms with Crippen LogP contribution in [0.5, 0.6) is 0 Å². The van der Waals surface area contributed by atoms with Crippen LogP contribution in [0, 0.1) is 5.92 Å². The molecule has 9 heteroatoms. The first-order valence-corrected chi connectivity index (χ1v) is 9.57. The van der Waals surface area contributed by atoms with Crippen molar-refractivity contribution in [1.29, 1.82) is 0 Å². The maximum absolute atomic E-state index is 11.7. The topological polar surface area (TPSA) is 104 Å². The minimum absolute atomic E-state index is 0.0888. The van der Waals surface area contributed by atoms with Gasteiger partial charge in [-0.3, -0.25) is 14.9 Å². The van der Waals surface area contributed by atoms with Crippen molar-refractivity contribution in [3.63, 3.8) is 0 Å². The molecule has 0 aliphatic rings. The highest BCUT2D eigenvalue weighted by atomic mass is 35.5. The summed E-state index contributed by atoms with van der Waals surface area (Å²) < 4.78 is 1.79. The molecule has 0 radical (unpaired) electrons. The van der Waals surface area contributed by atoms with Crippen LogP contribution in [0.25, 0.3) is 0 Å². The summed E-state index contributed by atoms with van der Waals surface area (Å²) in [6.45, 7) is 4.19. The van der Waals surface area contributed by atoms with Gasteiger partial charge in [0.2, 0.25) is 0 Å². The quantitative estimate of drug-likeness (QED) is 0.536. The summed E-state index contributed by atoms with van der Waals surface area (Å²) in [5.74, 6) is -2.07. The molecule has 0 saturated heterocycles. The fraction of sp³-hybridized carbons (Fsp3) is 0.421. The summed E-state index contributed by atoms with van der Waals surface area (Å²) in [5, 5.41) is 22.7. The van der Waals surface area contributed by atoms with E-state index in [9.17, 15) is 19.8 Å². The summed E-state index contributed by atoms with van der Waals surface area (Å²) in [6, 6.07) is 3.18. The zero-order valence-electron chi connectivity index (χ0n) is 15.6. The zero-order chi connectivity index (χ0) is 20.8. The van der Waals surface area contributed by atoms with E-state index in [0.29, 0.717) is 28.7 Å². The maximum Gasteiger partial charge on any atom is 0.321 e. The normalized spacial score (nSPS) is 13.5. The number of nitrogens with zero attached hydrogens (tertiary/aromatic N) is 2. The van der Waals surface area contributed by atoms with Gasteiger partial charge in [0.25, 0.3) is 0 Å². The Bertz CT molecular complexity index is 818. The Labute approximate surface area is 173 Å². The van der Waals surface area contributed by atoms with Crippen molar-refractivity contribution in [3.05, 3.63) is 52.0 Å². The summed E-state index contributed by atoms with van der Waals surface area (Å²) in [7, 11) is 0. The monoisotopic (exact) mass is 427 g/mol. The van der Waals surface area contributed by atoms with Gasteiger partial charge in [-0.05, 0) is 36.1 Å². The lowest BCUT2D eigenvalue weighted by Crippen LogP contribution is -2.49. The summed E-state index contributed by atoms with van der Waals surface area (Å²) >= 11 is 12.1. The Hall–Kier alpha value is -2.09. The van der Waals surface area contributed by atoms with Crippen molar-refractivity contribution in [2.75, 3.05) is 0 Å². The SMILES string of the molecule is CC(C)CC(N[C@H](Cc1cncn1Cc1cc(Cl)cc(Cl)c1)C(=O)O)C(=O)O. The van der Waals surface area contributed by atoms with Gasteiger partial charge < -0.3 is 14.8 Å². The second-order valence-electron chi connectivity index (χ2n) is 7.07. The highest BCUT2D eigenvalue weighted by Gasteiger charge is 2.27. The predicted molar refractivity (Wildman–Crippen MR) is 107 cm³/mol. The van der Waals surface area contributed by atoms with Crippen LogP contribution in [0.4, 0.5) is 0 Å². The fourth-order valence-corrected chi connectivity index (χ4v) is 3.51. The Kier molecular flexibility index (Phi) is 7.86. The van der Waals surface area contributed by atoms with Crippen LogP contribution in [0.3, 0.4) is 0 Å². The van der Waals surface area contributed by atoms with Crippen LogP contribution in [-0.2, 0) is 22.6 Å². The van der Waals surface area contributed by atoms with E-state index in [0.717, 1.165) is 5.56 Å². The molecule has 2 atom stereocenters. The number of rotatable bonds is 10. The van der Waals surface area contributed by atoms with Gasteiger partial charge in [0.15, 0.2) is 0 Å². The number of carboxylic acid groups (broad SMARTS) is 2. The van der Waals surface area contributed by atoms with Crippen LogP contribution >= 0.6 is 23.2 Å². The van der Waals surface area contributed by atoms with Crippen molar-refractivity contribution < 1.29 is 19.8 Å². The second kappa shape index (κ2) is 9.91. The van der Waals surface area contributed by atoms with Gasteiger partial charge in [-0.1, -0.05) is 37.0 Å². The van der Waals surface area contributed by atoms with Gasteiger partial charge in [0.1, 0.15) is 12.1 Å². The van der Waals surface area contributed by atoms with Crippen molar-refractivity contribution in [2.45, 2.75) is 45.3 Å². The van der Waals surface area contributed by atoms with E-state index in [1.54, 1.807) is 35.3 Å². The van der Waals surface area contributed by atoms with Gasteiger partial charge in [-0.25, -0.2) is 4.98 Å². The minimum atomic E-state index is -1.12. The highest BCUT2D eigenvalue weighted by molar-refractivity contribution is 6.34. The number of carboxylic acids is 2. The van der Waals surface area contributed by atoms with Gasteiger partial charge >= 0.3 is 11.9 Å². The van der Waals surface area contributed by atoms with Gasteiger partial charge in [0.05, 0.1) is 6.33 Å². The van der Waals surface area contributed by atoms with Crippen molar-refractivity contribution in [1.82, 2.24) is 14.9 Å². The number of halogens is 2. The molecule has 0 aliphatic heterocycles. The molecule has 7 nitrogen and oxygen atoms in total. The maximum atomic E-state index is 11.7. The van der Waals surface area contributed by atoms with Crippen molar-refractivity contribution in [2.24, 2.45) is 5.92 Å². The first kappa shape index (κ1) is 22.2. The van der Waals surface area contributed by atoms with E-state index in [1.165, 1.54) is 0 Å². The van der Waals surface area contributed by atoms with Gasteiger partial charge in [-0.15, -0.1) is 0 Å². The first-order chi connectivity index (χ1) is 13.2. The third-order valence-corrected chi connectivity index (χ3v) is 4.63. The van der Waals surface area contributed by atoms with E-state index in [1.807, 2.05) is 13.8 Å². The number of imidazole rings is 1. The molecule has 28 heavy (non-hydrogen) atoms. The molecule has 0 saturated carbocycles. The zero-order valence-corrected chi connectivity index (χ0v) is 17.1. The number of benzene rings is 1. The molecular weight excluding hydrogens is 405 g/mol. The standard InChI is InChI=1S/C19H23Cl2N3O4/c1-11(2)3-16(18(25)26)23-17(19(27)28)7-15-8-22-10-24(15)9-12-4-13(20)6-14(21)5-12/h4-6,8,10-11,16-17,23H,3,7,9H2,1-2H3,(H,25,26)(H,27,28)/t16?,17-/m1/s1. The third kappa shape index (κ3) is 6.51. The molecule has 0 bridgehead atoms. The van der Waals surface area contributed by atoms with Crippen LogP contribution in [0.2, 0.25) is 10.0 Å². The molecule has 1 heterocycles. The Morgan fingerprint density at radius 1 is 1.11 bits per heavy atom. The van der Waals surface area contributed by atoms with Gasteiger partial charge in [0, 0.05) is 34.9 Å². The van der Waals surface area contributed by atoms with Crippen molar-refractivity contribution in [3.8, 4) is 0 Å². The molecule has 1 aromatic heterocycles. The Morgan fingerprint density at radius 2 is 1.71 bits per heavy atom. The summed E-state index contributed by atoms with van der Waals surface area (Å²) in [6.07, 6.45) is 3.58. The number of hydrogen-bond donors (Lipinski definition) is 3. The van der Waals surface area contributed by atoms with Crippen molar-refractivity contribution >= 4 is 35.1 Å². The largest absolute Gasteiger partial charge is 0.480 e. The van der Waals surface area contributed by atoms with E-state index in [2.05, 4.69) is 10.3 Å². The number of hydrogen-bond acceptors (Lipinski definition) is 4. The number of nitrogens with one attached hydrogen (secondary N) is 1. The lowest BCUT2D eigenvalue weighted by Gasteiger charge is -2.22. The molecule has 2 aromatic rings. The molecule has 1 aromatic carbocycles. The molecule has 0 spiro atoms. The highest BCUT2D eigenvalue weighted by Crippen LogP contribution is 2.20. The lowest BCUT2D eigenvalue weighted by atomic mass is 10.0. The van der Waals surface area contributed by atoms with E-state index in [4.69, 9.17) is 23.2 Å². The van der Waals surface area contributed by atoms with Crippen LogP contribution in [0.15, 0.2) is 30.7 Å². The second-order valence-corrected chi connectivity index (χ2v) is 7.95. The summed E-state index contributed by atoms with van der Waals surface area (Å²) in [4.78, 5) is 27.3. The van der Waals surface area contributed by atoms with E-state index in [-0.39, 0.29) is 12.3 Å². The molecule has 3 N–H and O–H groups in total. The third-order valence-electron chi connectivity index (χ3n) is 4.19. The Morgan fingerprint density at radius 3 is 2.25 bits per heavy atom. The molecule has 0 fully saturated rings. The number of carbonyl (C=O) groups is 2. The number of aliphatic carboxylic acids is 2. The molecule has 152 valence electrons. The van der Waals surface area contributed by atoms with Crippen LogP contribution in [0.1, 0.15) is 31.5 Å². The van der Waals surface area contributed by atoms with Gasteiger partial charge in [-0.2, -0.15) is 0 Å². The van der Waals surface area contributed by atoms with E-state index >= 15 is 0 Å². The lowest BCUT2D eigenvalue weighted by molar-refractivity contribution is -0.142. The average Bonchev–Trinajstić information content (AvgIpc) is 2.98. The van der Waals surface area contributed by atoms with E-state index < -0.39 is 24.0 Å². The smallest absolute Gasteiger partial charge is 0.321 e. The predicted octanol–water partition coefficient (Wildman–Crippen LogP) is 3.32. The summed E-state index contributed by atoms with van der Waals surface area (Å²) in [5.41, 5.74) is 1.50. The molecular formula is C19H23Cl2N3O4. The van der Waals surface area contributed by atoms with Crippen LogP contribution in [-0.4, -0.2) is 43.8 Å². The fourth-order valence-electron chi connectivity index (χ4n) is 2.94. The minimum Gasteiger partial charge on any atom is -0.480 e. The average molecular weight is 428 g/mol. The molecule has 1 unspecified atom stereocenters. The molecule has 2 rings (SSSR count). The molecule has 0 aliphatic carbocycles.